The van der Waals surface area contributed by atoms with Crippen molar-refractivity contribution < 1.29 is 23.8 Å². The van der Waals surface area contributed by atoms with Crippen LogP contribution in [0.2, 0.25) is 5.02 Å². The Bertz CT molecular complexity index is 562. The number of carboxylic acid groups (broad SMARTS) is 1. The second-order valence-corrected chi connectivity index (χ2v) is 6.01. The second kappa shape index (κ2) is 7.45. The first-order valence-electron chi connectivity index (χ1n) is 6.76. The molecular formula is C15H19ClFNO4. The molecule has 0 aliphatic carbocycles. The van der Waals surface area contributed by atoms with E-state index >= 15 is 0 Å². The lowest BCUT2D eigenvalue weighted by molar-refractivity contribution is -0.138. The summed E-state index contributed by atoms with van der Waals surface area (Å²) in [6.45, 7) is 4.99. The molecule has 0 saturated heterocycles. The zero-order valence-electron chi connectivity index (χ0n) is 12.7. The first-order chi connectivity index (χ1) is 10.1. The van der Waals surface area contributed by atoms with Gasteiger partial charge in [-0.2, -0.15) is 0 Å². The van der Waals surface area contributed by atoms with Crippen LogP contribution in [0.15, 0.2) is 18.2 Å². The van der Waals surface area contributed by atoms with Gasteiger partial charge in [0.15, 0.2) is 6.10 Å². The minimum atomic E-state index is -0.926. The Balaban J connectivity index is 2.63. The molecule has 1 aromatic rings. The smallest absolute Gasteiger partial charge is 0.303 e. The molecule has 0 bridgehead atoms. The Morgan fingerprint density at radius 1 is 1.45 bits per heavy atom. The summed E-state index contributed by atoms with van der Waals surface area (Å²) in [5.41, 5.74) is -0.681. The topological polar surface area (TPSA) is 75.6 Å². The molecule has 0 heterocycles. The molecule has 1 amide bonds. The van der Waals surface area contributed by atoms with Crippen molar-refractivity contribution in [3.63, 3.8) is 0 Å². The highest BCUT2D eigenvalue weighted by atomic mass is 35.5. The van der Waals surface area contributed by atoms with Crippen molar-refractivity contribution >= 4 is 23.5 Å². The van der Waals surface area contributed by atoms with E-state index in [1.165, 1.54) is 19.1 Å². The normalized spacial score (nSPS) is 12.6. The second-order valence-electron chi connectivity index (χ2n) is 5.60. The Morgan fingerprint density at radius 3 is 2.64 bits per heavy atom. The zero-order chi connectivity index (χ0) is 16.9. The van der Waals surface area contributed by atoms with Crippen molar-refractivity contribution in [3.05, 3.63) is 29.0 Å². The van der Waals surface area contributed by atoms with Crippen molar-refractivity contribution in [2.75, 3.05) is 0 Å². The number of aliphatic carboxylic acids is 1. The third kappa shape index (κ3) is 5.89. The maximum Gasteiger partial charge on any atom is 0.303 e. The predicted molar refractivity (Wildman–Crippen MR) is 80.6 cm³/mol. The van der Waals surface area contributed by atoms with Crippen molar-refractivity contribution in [1.29, 1.82) is 0 Å². The number of hydrogen-bond acceptors (Lipinski definition) is 3. The fourth-order valence-electron chi connectivity index (χ4n) is 1.73. The van der Waals surface area contributed by atoms with Crippen LogP contribution >= 0.6 is 11.6 Å². The molecule has 1 aromatic carbocycles. The largest absolute Gasteiger partial charge is 0.481 e. The molecule has 5 nitrogen and oxygen atoms in total. The molecule has 0 fully saturated rings. The quantitative estimate of drug-likeness (QED) is 0.805. The Kier molecular flexibility index (Phi) is 6.17. The number of halogens is 2. The summed E-state index contributed by atoms with van der Waals surface area (Å²) in [5.74, 6) is -1.63. The van der Waals surface area contributed by atoms with Crippen molar-refractivity contribution in [2.24, 2.45) is 0 Å². The average molecular weight is 332 g/mol. The third-order valence-electron chi connectivity index (χ3n) is 2.99. The van der Waals surface area contributed by atoms with E-state index in [-0.39, 0.29) is 23.6 Å². The SMILES string of the molecule is CC(Oc1ccc(F)cc1Cl)C(=O)NC(C)(C)CCC(=O)O. The highest BCUT2D eigenvalue weighted by molar-refractivity contribution is 6.32. The first kappa shape index (κ1) is 18.2. The summed E-state index contributed by atoms with van der Waals surface area (Å²) in [4.78, 5) is 22.7. The van der Waals surface area contributed by atoms with Gasteiger partial charge in [0.2, 0.25) is 0 Å². The van der Waals surface area contributed by atoms with E-state index in [1.807, 2.05) is 0 Å². The Hall–Kier alpha value is -1.82. The van der Waals surface area contributed by atoms with Gasteiger partial charge in [0, 0.05) is 12.0 Å². The van der Waals surface area contributed by atoms with Gasteiger partial charge in [-0.1, -0.05) is 11.6 Å². The summed E-state index contributed by atoms with van der Waals surface area (Å²) in [6.07, 6.45) is -0.614. The van der Waals surface area contributed by atoms with Gasteiger partial charge in [-0.3, -0.25) is 9.59 Å². The van der Waals surface area contributed by atoms with E-state index in [2.05, 4.69) is 5.32 Å². The molecule has 2 N–H and O–H groups in total. The van der Waals surface area contributed by atoms with E-state index < -0.39 is 29.3 Å². The summed E-state index contributed by atoms with van der Waals surface area (Å²) in [6, 6.07) is 3.62. The Morgan fingerprint density at radius 2 is 2.09 bits per heavy atom. The van der Waals surface area contributed by atoms with Crippen molar-refractivity contribution in [1.82, 2.24) is 5.32 Å². The van der Waals surface area contributed by atoms with Gasteiger partial charge >= 0.3 is 5.97 Å². The van der Waals surface area contributed by atoms with Crippen LogP contribution in [0.25, 0.3) is 0 Å². The van der Waals surface area contributed by atoms with Crippen LogP contribution < -0.4 is 10.1 Å². The molecule has 7 heteroatoms. The molecule has 1 unspecified atom stereocenters. The number of rotatable bonds is 7. The van der Waals surface area contributed by atoms with Gasteiger partial charge in [-0.15, -0.1) is 0 Å². The lowest BCUT2D eigenvalue weighted by atomic mass is 9.98. The van der Waals surface area contributed by atoms with Crippen molar-refractivity contribution in [3.8, 4) is 5.75 Å². The minimum absolute atomic E-state index is 0.0493. The number of ether oxygens (including phenoxy) is 1. The minimum Gasteiger partial charge on any atom is -0.481 e. The van der Waals surface area contributed by atoms with Gasteiger partial charge in [0.25, 0.3) is 5.91 Å². The number of carboxylic acids is 1. The summed E-state index contributed by atoms with van der Waals surface area (Å²) in [7, 11) is 0. The first-order valence-corrected chi connectivity index (χ1v) is 7.14. The number of carbonyl (C=O) groups is 2. The number of nitrogens with one attached hydrogen (secondary N) is 1. The highest BCUT2D eigenvalue weighted by Crippen LogP contribution is 2.26. The summed E-state index contributed by atoms with van der Waals surface area (Å²) >= 11 is 5.83. The van der Waals surface area contributed by atoms with Crippen LogP contribution in [-0.2, 0) is 9.59 Å². The monoisotopic (exact) mass is 331 g/mol. The lowest BCUT2D eigenvalue weighted by Crippen LogP contribution is -2.48. The lowest BCUT2D eigenvalue weighted by Gasteiger charge is -2.27. The van der Waals surface area contributed by atoms with Crippen LogP contribution in [0.4, 0.5) is 4.39 Å². The standard InChI is InChI=1S/C15H19ClFNO4/c1-9(22-12-5-4-10(17)8-11(12)16)14(21)18-15(2,3)7-6-13(19)20/h4-5,8-9H,6-7H2,1-3H3,(H,18,21)(H,19,20). The number of amides is 1. The number of hydrogen-bond donors (Lipinski definition) is 2. The average Bonchev–Trinajstić information content (AvgIpc) is 2.39. The van der Waals surface area contributed by atoms with E-state index in [9.17, 15) is 14.0 Å². The number of carbonyl (C=O) groups excluding carboxylic acids is 1. The molecule has 0 spiro atoms. The van der Waals surface area contributed by atoms with Crippen molar-refractivity contribution in [2.45, 2.75) is 45.3 Å². The van der Waals surface area contributed by atoms with E-state index in [0.717, 1.165) is 6.07 Å². The molecule has 122 valence electrons. The van der Waals surface area contributed by atoms with Crippen LogP contribution in [-0.4, -0.2) is 28.6 Å². The number of benzene rings is 1. The molecule has 22 heavy (non-hydrogen) atoms. The summed E-state index contributed by atoms with van der Waals surface area (Å²) < 4.78 is 18.4. The molecule has 0 saturated carbocycles. The third-order valence-corrected chi connectivity index (χ3v) is 3.29. The highest BCUT2D eigenvalue weighted by Gasteiger charge is 2.25. The van der Waals surface area contributed by atoms with E-state index in [0.29, 0.717) is 0 Å². The molecule has 1 atom stereocenters. The Labute approximate surface area is 133 Å². The maximum atomic E-state index is 12.9. The van der Waals surface area contributed by atoms with Crippen LogP contribution in [0.3, 0.4) is 0 Å². The molecular weight excluding hydrogens is 313 g/mol. The van der Waals surface area contributed by atoms with Crippen LogP contribution in [0.1, 0.15) is 33.6 Å². The maximum absolute atomic E-state index is 12.9. The summed E-state index contributed by atoms with van der Waals surface area (Å²) in [5, 5.41) is 11.5. The van der Waals surface area contributed by atoms with Gasteiger partial charge in [-0.25, -0.2) is 4.39 Å². The van der Waals surface area contributed by atoms with E-state index in [4.69, 9.17) is 21.4 Å². The zero-order valence-corrected chi connectivity index (χ0v) is 13.4. The fraction of sp³-hybridized carbons (Fsp3) is 0.467. The van der Waals surface area contributed by atoms with Gasteiger partial charge in [0.1, 0.15) is 11.6 Å². The molecule has 0 aliphatic heterocycles. The van der Waals surface area contributed by atoms with Crippen LogP contribution in [0.5, 0.6) is 5.75 Å². The molecule has 0 aliphatic rings. The molecule has 1 rings (SSSR count). The van der Waals surface area contributed by atoms with E-state index in [1.54, 1.807) is 13.8 Å². The molecule has 0 radical (unpaired) electrons. The van der Waals surface area contributed by atoms with Gasteiger partial charge < -0.3 is 15.2 Å². The van der Waals surface area contributed by atoms with Gasteiger partial charge in [-0.05, 0) is 45.4 Å². The fourth-order valence-corrected chi connectivity index (χ4v) is 1.94. The molecule has 0 aromatic heterocycles. The van der Waals surface area contributed by atoms with Crippen LogP contribution in [0, 0.1) is 5.82 Å². The van der Waals surface area contributed by atoms with Gasteiger partial charge in [0.05, 0.1) is 5.02 Å². The predicted octanol–water partition coefficient (Wildman–Crippen LogP) is 3.01.